The predicted molar refractivity (Wildman–Crippen MR) is 60.9 cm³/mol. The standard InChI is InChI=1S/C11H22N2O3/c1-11(2,3)16-10(14)13-12-7-9-5-4-6-15-8-9/h9,12H,4-8H2,1-3H3,(H,13,14). The van der Waals surface area contributed by atoms with Crippen molar-refractivity contribution >= 4 is 6.09 Å². The largest absolute Gasteiger partial charge is 0.443 e. The van der Waals surface area contributed by atoms with E-state index in [9.17, 15) is 4.79 Å². The fourth-order valence-electron chi connectivity index (χ4n) is 1.54. The number of hydrogen-bond acceptors (Lipinski definition) is 4. The zero-order valence-corrected chi connectivity index (χ0v) is 10.3. The number of carbonyl (C=O) groups is 1. The number of hydrazine groups is 1. The van der Waals surface area contributed by atoms with Gasteiger partial charge in [0.2, 0.25) is 0 Å². The summed E-state index contributed by atoms with van der Waals surface area (Å²) < 4.78 is 10.4. The molecule has 0 aromatic carbocycles. The van der Waals surface area contributed by atoms with Crippen LogP contribution in [-0.2, 0) is 9.47 Å². The lowest BCUT2D eigenvalue weighted by Gasteiger charge is -2.23. The van der Waals surface area contributed by atoms with E-state index in [2.05, 4.69) is 10.9 Å². The average Bonchev–Trinajstić information content (AvgIpc) is 2.16. The van der Waals surface area contributed by atoms with Gasteiger partial charge in [-0.05, 0) is 39.5 Å². The van der Waals surface area contributed by atoms with E-state index in [1.54, 1.807) is 0 Å². The average molecular weight is 230 g/mol. The molecule has 1 atom stereocenters. The third-order valence-electron chi connectivity index (χ3n) is 2.23. The van der Waals surface area contributed by atoms with E-state index in [0.717, 1.165) is 32.6 Å². The van der Waals surface area contributed by atoms with Crippen molar-refractivity contribution in [1.29, 1.82) is 0 Å². The van der Waals surface area contributed by atoms with Gasteiger partial charge in [-0.1, -0.05) is 0 Å². The molecular weight excluding hydrogens is 208 g/mol. The van der Waals surface area contributed by atoms with Crippen molar-refractivity contribution in [2.75, 3.05) is 19.8 Å². The summed E-state index contributed by atoms with van der Waals surface area (Å²) in [6, 6.07) is 0. The number of carbonyl (C=O) groups excluding carboxylic acids is 1. The predicted octanol–water partition coefficient (Wildman–Crippen LogP) is 1.44. The number of rotatable bonds is 3. The second kappa shape index (κ2) is 6.06. The molecule has 0 aliphatic carbocycles. The Morgan fingerprint density at radius 3 is 2.81 bits per heavy atom. The summed E-state index contributed by atoms with van der Waals surface area (Å²) in [6.07, 6.45) is 1.80. The third-order valence-corrected chi connectivity index (χ3v) is 2.23. The fraction of sp³-hybridized carbons (Fsp3) is 0.909. The minimum atomic E-state index is -0.459. The summed E-state index contributed by atoms with van der Waals surface area (Å²) >= 11 is 0. The monoisotopic (exact) mass is 230 g/mol. The molecule has 1 amide bonds. The SMILES string of the molecule is CC(C)(C)OC(=O)NNCC1CCCOC1. The molecule has 94 valence electrons. The Kier molecular flexibility index (Phi) is 5.02. The van der Waals surface area contributed by atoms with Crippen molar-refractivity contribution < 1.29 is 14.3 Å². The molecule has 0 saturated carbocycles. The Bertz CT molecular complexity index is 220. The van der Waals surface area contributed by atoms with Crippen LogP contribution >= 0.6 is 0 Å². The highest BCUT2D eigenvalue weighted by Crippen LogP contribution is 2.11. The van der Waals surface area contributed by atoms with Crippen LogP contribution in [0.25, 0.3) is 0 Å². The molecule has 0 radical (unpaired) electrons. The molecule has 2 N–H and O–H groups in total. The van der Waals surface area contributed by atoms with E-state index in [4.69, 9.17) is 9.47 Å². The number of hydrogen-bond donors (Lipinski definition) is 2. The number of nitrogens with one attached hydrogen (secondary N) is 2. The molecule has 16 heavy (non-hydrogen) atoms. The Morgan fingerprint density at radius 2 is 2.25 bits per heavy atom. The molecule has 1 heterocycles. The maximum absolute atomic E-state index is 11.3. The van der Waals surface area contributed by atoms with E-state index in [1.807, 2.05) is 20.8 Å². The maximum Gasteiger partial charge on any atom is 0.422 e. The highest BCUT2D eigenvalue weighted by molar-refractivity contribution is 5.66. The first-order valence-electron chi connectivity index (χ1n) is 5.77. The third kappa shape index (κ3) is 5.92. The van der Waals surface area contributed by atoms with Crippen LogP contribution in [0.3, 0.4) is 0 Å². The summed E-state index contributed by atoms with van der Waals surface area (Å²) in [6.45, 7) is 7.85. The van der Waals surface area contributed by atoms with E-state index >= 15 is 0 Å². The summed E-state index contributed by atoms with van der Waals surface area (Å²) in [7, 11) is 0. The zero-order valence-electron chi connectivity index (χ0n) is 10.3. The molecule has 5 heteroatoms. The van der Waals surface area contributed by atoms with Crippen LogP contribution in [0.2, 0.25) is 0 Å². The first kappa shape index (κ1) is 13.3. The molecule has 1 aliphatic rings. The number of ether oxygens (including phenoxy) is 2. The Hall–Kier alpha value is -0.810. The summed E-state index contributed by atoms with van der Waals surface area (Å²) in [5.74, 6) is 0.476. The van der Waals surface area contributed by atoms with Crippen molar-refractivity contribution in [3.63, 3.8) is 0 Å². The van der Waals surface area contributed by atoms with Crippen molar-refractivity contribution in [1.82, 2.24) is 10.9 Å². The first-order chi connectivity index (χ1) is 7.47. The summed E-state index contributed by atoms with van der Waals surface area (Å²) in [5.41, 5.74) is 4.93. The van der Waals surface area contributed by atoms with Gasteiger partial charge in [-0.3, -0.25) is 5.43 Å². The van der Waals surface area contributed by atoms with Gasteiger partial charge in [-0.15, -0.1) is 0 Å². The lowest BCUT2D eigenvalue weighted by Crippen LogP contribution is -2.44. The van der Waals surface area contributed by atoms with Crippen LogP contribution in [0.5, 0.6) is 0 Å². The van der Waals surface area contributed by atoms with E-state index in [0.29, 0.717) is 5.92 Å². The van der Waals surface area contributed by atoms with Gasteiger partial charge in [0.15, 0.2) is 0 Å². The smallest absolute Gasteiger partial charge is 0.422 e. The molecule has 0 bridgehead atoms. The van der Waals surface area contributed by atoms with E-state index in [1.165, 1.54) is 0 Å². The van der Waals surface area contributed by atoms with Crippen LogP contribution in [0, 0.1) is 5.92 Å². The first-order valence-corrected chi connectivity index (χ1v) is 5.77. The van der Waals surface area contributed by atoms with Crippen molar-refractivity contribution in [2.45, 2.75) is 39.2 Å². The van der Waals surface area contributed by atoms with Crippen molar-refractivity contribution in [2.24, 2.45) is 5.92 Å². The molecule has 1 rings (SSSR count). The van der Waals surface area contributed by atoms with Crippen LogP contribution in [0.15, 0.2) is 0 Å². The second-order valence-electron chi connectivity index (χ2n) is 5.09. The van der Waals surface area contributed by atoms with Gasteiger partial charge in [-0.25, -0.2) is 10.2 Å². The highest BCUT2D eigenvalue weighted by Gasteiger charge is 2.17. The van der Waals surface area contributed by atoms with E-state index in [-0.39, 0.29) is 0 Å². The zero-order chi connectivity index (χ0) is 12.0. The van der Waals surface area contributed by atoms with Gasteiger partial charge in [0, 0.05) is 13.2 Å². The van der Waals surface area contributed by atoms with Gasteiger partial charge in [0.25, 0.3) is 0 Å². The van der Waals surface area contributed by atoms with Gasteiger partial charge < -0.3 is 9.47 Å². The van der Waals surface area contributed by atoms with Crippen LogP contribution in [0.1, 0.15) is 33.6 Å². The molecule has 0 spiro atoms. The minimum absolute atomic E-state index is 0.441. The molecular formula is C11H22N2O3. The lowest BCUT2D eigenvalue weighted by atomic mass is 10.0. The second-order valence-corrected chi connectivity index (χ2v) is 5.09. The Labute approximate surface area is 96.8 Å². The highest BCUT2D eigenvalue weighted by atomic mass is 16.6. The molecule has 0 aromatic rings. The van der Waals surface area contributed by atoms with Gasteiger partial charge in [-0.2, -0.15) is 0 Å². The quantitative estimate of drug-likeness (QED) is 0.720. The minimum Gasteiger partial charge on any atom is -0.443 e. The fourth-order valence-corrected chi connectivity index (χ4v) is 1.54. The summed E-state index contributed by atoms with van der Waals surface area (Å²) in [5, 5.41) is 0. The maximum atomic E-state index is 11.3. The molecule has 1 saturated heterocycles. The van der Waals surface area contributed by atoms with Gasteiger partial charge in [0.1, 0.15) is 5.60 Å². The molecule has 1 aliphatic heterocycles. The van der Waals surface area contributed by atoms with E-state index < -0.39 is 11.7 Å². The molecule has 1 unspecified atom stereocenters. The van der Waals surface area contributed by atoms with Gasteiger partial charge in [0.05, 0.1) is 6.61 Å². The molecule has 1 fully saturated rings. The summed E-state index contributed by atoms with van der Waals surface area (Å²) in [4.78, 5) is 11.3. The van der Waals surface area contributed by atoms with Crippen LogP contribution < -0.4 is 10.9 Å². The van der Waals surface area contributed by atoms with Crippen molar-refractivity contribution in [3.05, 3.63) is 0 Å². The molecule has 0 aromatic heterocycles. The van der Waals surface area contributed by atoms with Gasteiger partial charge >= 0.3 is 6.09 Å². The topological polar surface area (TPSA) is 59.6 Å². The molecule has 5 nitrogen and oxygen atoms in total. The normalized spacial score (nSPS) is 21.6. The van der Waals surface area contributed by atoms with Crippen molar-refractivity contribution in [3.8, 4) is 0 Å². The Balaban J connectivity index is 2.08. The van der Waals surface area contributed by atoms with Crippen LogP contribution in [-0.4, -0.2) is 31.5 Å². The number of amides is 1. The lowest BCUT2D eigenvalue weighted by molar-refractivity contribution is 0.0421. The Morgan fingerprint density at radius 1 is 1.50 bits per heavy atom. The van der Waals surface area contributed by atoms with Crippen LogP contribution in [0.4, 0.5) is 4.79 Å².